The highest BCUT2D eigenvalue weighted by Gasteiger charge is 2.20. The summed E-state index contributed by atoms with van der Waals surface area (Å²) < 4.78 is 132. The van der Waals surface area contributed by atoms with Gasteiger partial charge in [0.15, 0.2) is 23.3 Å². The summed E-state index contributed by atoms with van der Waals surface area (Å²) in [5.74, 6) is -5.93. The van der Waals surface area contributed by atoms with Gasteiger partial charge in [-0.05, 0) is 108 Å². The predicted molar refractivity (Wildman–Crippen MR) is 180 cm³/mol. The van der Waals surface area contributed by atoms with E-state index in [0.29, 0.717) is 12.1 Å². The Labute approximate surface area is 288 Å². The maximum absolute atomic E-state index is 15.6. The topological polar surface area (TPSA) is 0 Å². The predicted octanol–water partition coefficient (Wildman–Crippen LogP) is 12.5. The average Bonchev–Trinajstić information content (AvgIpc) is 3.08. The number of fused-ring (bicyclic) bond motifs is 1. The second kappa shape index (κ2) is 14.4. The van der Waals surface area contributed by atoms with E-state index in [9.17, 15) is 22.0 Å². The summed E-state index contributed by atoms with van der Waals surface area (Å²) in [6, 6.07) is 15.0. The Bertz CT molecular complexity index is 2380. The minimum absolute atomic E-state index is 0.0134. The number of halogens is 9. The van der Waals surface area contributed by atoms with E-state index < -0.39 is 63.3 Å². The Morgan fingerprint density at radius 3 is 1.78 bits per heavy atom. The number of benzene rings is 6. The van der Waals surface area contributed by atoms with Gasteiger partial charge < -0.3 is 0 Å². The van der Waals surface area contributed by atoms with Crippen molar-refractivity contribution in [3.8, 4) is 45.2 Å². The molecule has 9 heteroatoms. The second-order valence-electron chi connectivity index (χ2n) is 12.2. The summed E-state index contributed by atoms with van der Waals surface area (Å²) in [5.41, 5.74) is 0.0757. The minimum Gasteiger partial charge on any atom is -0.206 e. The van der Waals surface area contributed by atoms with Gasteiger partial charge in [-0.2, -0.15) is 0 Å². The number of aryl methyl sites for hydroxylation is 2. The number of unbranched alkanes of at least 4 members (excludes halogenated alkanes) is 2. The van der Waals surface area contributed by atoms with E-state index in [1.165, 1.54) is 37.3 Å². The van der Waals surface area contributed by atoms with Crippen LogP contribution in [0, 0.1) is 71.1 Å². The Hall–Kier alpha value is -5.49. The van der Waals surface area contributed by atoms with Crippen molar-refractivity contribution in [2.24, 2.45) is 0 Å². The third-order valence-electron chi connectivity index (χ3n) is 8.71. The van der Waals surface area contributed by atoms with Gasteiger partial charge in [0.2, 0.25) is 0 Å². The lowest BCUT2D eigenvalue weighted by atomic mass is 9.95. The molecule has 51 heavy (non-hydrogen) atoms. The molecule has 0 unspecified atom stereocenters. The van der Waals surface area contributed by atoms with Crippen LogP contribution >= 0.6 is 0 Å². The van der Waals surface area contributed by atoms with Gasteiger partial charge in [-0.25, -0.2) is 39.5 Å². The average molecular weight is 703 g/mol. The summed E-state index contributed by atoms with van der Waals surface area (Å²) in [4.78, 5) is 0. The van der Waals surface area contributed by atoms with Crippen LogP contribution in [0.4, 0.5) is 39.5 Å². The lowest BCUT2D eigenvalue weighted by molar-refractivity contribution is 0.447. The standard InChI is InChI=1S/C42H27F9/c1-3-4-5-6-23-7-10-29(33(43)14-23)25-9-11-30(34(44)17-25)26-15-28-21-35(45)31(41(50)40(28)37(47)18-26)12-8-24-16-36(46)32(13-22(24)2)27-19-38(48)42(51)39(49)20-27/h7,9-11,13-21H,3-6H2,1-2H3. The van der Waals surface area contributed by atoms with Crippen LogP contribution in [0.15, 0.2) is 78.9 Å². The van der Waals surface area contributed by atoms with E-state index in [1.54, 1.807) is 12.1 Å². The van der Waals surface area contributed by atoms with Crippen LogP contribution in [-0.2, 0) is 6.42 Å². The van der Waals surface area contributed by atoms with Crippen LogP contribution < -0.4 is 0 Å². The fraction of sp³-hybridized carbons (Fsp3) is 0.143. The van der Waals surface area contributed by atoms with Crippen LogP contribution in [0.3, 0.4) is 0 Å². The van der Waals surface area contributed by atoms with Gasteiger partial charge in [0.25, 0.3) is 0 Å². The number of rotatable bonds is 7. The van der Waals surface area contributed by atoms with Gasteiger partial charge in [0.1, 0.15) is 29.1 Å². The molecule has 0 saturated heterocycles. The van der Waals surface area contributed by atoms with Crippen LogP contribution in [-0.4, -0.2) is 0 Å². The van der Waals surface area contributed by atoms with Crippen LogP contribution in [0.1, 0.15) is 48.4 Å². The van der Waals surface area contributed by atoms with Crippen molar-refractivity contribution in [3.05, 3.63) is 153 Å². The van der Waals surface area contributed by atoms with Crippen LogP contribution in [0.2, 0.25) is 0 Å². The molecule has 6 aromatic carbocycles. The first-order chi connectivity index (χ1) is 24.4. The van der Waals surface area contributed by atoms with E-state index in [1.807, 2.05) is 0 Å². The highest BCUT2D eigenvalue weighted by Crippen LogP contribution is 2.35. The lowest BCUT2D eigenvalue weighted by Crippen LogP contribution is -1.97. The first-order valence-electron chi connectivity index (χ1n) is 16.0. The zero-order chi connectivity index (χ0) is 36.6. The molecule has 0 saturated carbocycles. The molecule has 0 heterocycles. The first-order valence-corrected chi connectivity index (χ1v) is 16.0. The molecule has 258 valence electrons. The van der Waals surface area contributed by atoms with Gasteiger partial charge >= 0.3 is 0 Å². The third kappa shape index (κ3) is 7.09. The molecule has 0 aliphatic rings. The summed E-state index contributed by atoms with van der Waals surface area (Å²) >= 11 is 0. The third-order valence-corrected chi connectivity index (χ3v) is 8.71. The fourth-order valence-electron chi connectivity index (χ4n) is 6.00. The molecule has 0 N–H and O–H groups in total. The Kier molecular flexibility index (Phi) is 9.97. The monoisotopic (exact) mass is 702 g/mol. The molecule has 0 amide bonds. The molecule has 6 rings (SSSR count). The smallest absolute Gasteiger partial charge is 0.194 e. The van der Waals surface area contributed by atoms with Gasteiger partial charge in [-0.15, -0.1) is 0 Å². The first kappa shape index (κ1) is 35.3. The van der Waals surface area contributed by atoms with E-state index in [2.05, 4.69) is 18.8 Å². The van der Waals surface area contributed by atoms with Crippen molar-refractivity contribution in [3.63, 3.8) is 0 Å². The fourth-order valence-corrected chi connectivity index (χ4v) is 6.00. The molecule has 6 aromatic rings. The zero-order valence-electron chi connectivity index (χ0n) is 27.2. The van der Waals surface area contributed by atoms with E-state index in [-0.39, 0.29) is 49.9 Å². The van der Waals surface area contributed by atoms with Gasteiger partial charge in [-0.3, -0.25) is 0 Å². The van der Waals surface area contributed by atoms with Crippen molar-refractivity contribution in [1.29, 1.82) is 0 Å². The lowest BCUT2D eigenvalue weighted by Gasteiger charge is -2.11. The van der Waals surface area contributed by atoms with Gasteiger partial charge in [-0.1, -0.05) is 55.9 Å². The molecule has 0 aliphatic carbocycles. The summed E-state index contributed by atoms with van der Waals surface area (Å²) in [6.45, 7) is 3.54. The van der Waals surface area contributed by atoms with Gasteiger partial charge in [0, 0.05) is 22.3 Å². The molecule has 0 aliphatic heterocycles. The summed E-state index contributed by atoms with van der Waals surface area (Å²) in [6.07, 6.45) is 3.71. The highest BCUT2D eigenvalue weighted by atomic mass is 19.2. The SMILES string of the molecule is CCCCCc1ccc(-c2ccc(-c3cc(F)c4c(F)c(C#Cc5cc(F)c(-c6cc(F)c(F)c(F)c6)cc5C)c(F)cc4c3)c(F)c2)c(F)c1. The second-order valence-corrected chi connectivity index (χ2v) is 12.2. The van der Waals surface area contributed by atoms with Gasteiger partial charge in [0.05, 0.1) is 10.9 Å². The molecule has 0 atom stereocenters. The molecular formula is C42H27F9. The largest absolute Gasteiger partial charge is 0.206 e. The molecule has 0 aromatic heterocycles. The highest BCUT2D eigenvalue weighted by molar-refractivity contribution is 5.90. The quantitative estimate of drug-likeness (QED) is 0.0672. The summed E-state index contributed by atoms with van der Waals surface area (Å²) in [7, 11) is 0. The van der Waals surface area contributed by atoms with Crippen molar-refractivity contribution < 1.29 is 39.5 Å². The van der Waals surface area contributed by atoms with Crippen molar-refractivity contribution in [2.45, 2.75) is 39.5 Å². The van der Waals surface area contributed by atoms with Crippen molar-refractivity contribution in [1.82, 2.24) is 0 Å². The van der Waals surface area contributed by atoms with Crippen molar-refractivity contribution >= 4 is 10.8 Å². The molecule has 0 spiro atoms. The molecule has 0 bridgehead atoms. The van der Waals surface area contributed by atoms with Crippen LogP contribution in [0.5, 0.6) is 0 Å². The maximum Gasteiger partial charge on any atom is 0.194 e. The Balaban J connectivity index is 1.31. The minimum atomic E-state index is -1.71. The zero-order valence-corrected chi connectivity index (χ0v) is 27.2. The van der Waals surface area contributed by atoms with E-state index >= 15 is 17.6 Å². The maximum atomic E-state index is 15.6. The Morgan fingerprint density at radius 1 is 0.490 bits per heavy atom. The van der Waals surface area contributed by atoms with Crippen LogP contribution in [0.25, 0.3) is 44.2 Å². The number of hydrogen-bond donors (Lipinski definition) is 0. The van der Waals surface area contributed by atoms with E-state index in [4.69, 9.17) is 0 Å². The Morgan fingerprint density at radius 2 is 1.10 bits per heavy atom. The van der Waals surface area contributed by atoms with E-state index in [0.717, 1.165) is 55.5 Å². The molecule has 0 nitrogen and oxygen atoms in total. The molecule has 0 fully saturated rings. The number of hydrogen-bond acceptors (Lipinski definition) is 0. The summed E-state index contributed by atoms with van der Waals surface area (Å²) in [5, 5.41) is -0.828. The molecular weight excluding hydrogens is 675 g/mol. The van der Waals surface area contributed by atoms with Crippen molar-refractivity contribution in [2.75, 3.05) is 0 Å². The normalized spacial score (nSPS) is 11.2. The molecule has 0 radical (unpaired) electrons.